The van der Waals surface area contributed by atoms with Gasteiger partial charge in [-0.15, -0.1) is 0 Å². The summed E-state index contributed by atoms with van der Waals surface area (Å²) in [5.41, 5.74) is 0.529. The van der Waals surface area contributed by atoms with Crippen molar-refractivity contribution >= 4 is 21.6 Å². The number of pyridine rings is 1. The highest BCUT2D eigenvalue weighted by atomic mass is 79.9. The Labute approximate surface area is 119 Å². The van der Waals surface area contributed by atoms with E-state index in [1.807, 2.05) is 0 Å². The van der Waals surface area contributed by atoms with Gasteiger partial charge in [-0.1, -0.05) is 6.42 Å². The molecular weight excluding hydrogens is 314 g/mol. The van der Waals surface area contributed by atoms with Crippen LogP contribution in [0.4, 0.5) is 5.69 Å². The van der Waals surface area contributed by atoms with Crippen LogP contribution >= 0.6 is 15.9 Å². The van der Waals surface area contributed by atoms with Crippen LogP contribution in [-0.4, -0.2) is 29.1 Å². The van der Waals surface area contributed by atoms with Crippen LogP contribution in [-0.2, 0) is 0 Å². The van der Waals surface area contributed by atoms with Crippen molar-refractivity contribution in [1.82, 2.24) is 10.3 Å². The second kappa shape index (κ2) is 6.29. The van der Waals surface area contributed by atoms with Gasteiger partial charge in [-0.25, -0.2) is 4.98 Å². The molecule has 0 saturated carbocycles. The molecule has 1 aromatic heterocycles. The summed E-state index contributed by atoms with van der Waals surface area (Å²) in [6.07, 6.45) is 4.73. The predicted octanol–water partition coefficient (Wildman–Crippen LogP) is 2.58. The van der Waals surface area contributed by atoms with E-state index in [4.69, 9.17) is 4.74 Å². The number of nitrogens with one attached hydrogen (secondary N) is 1. The first kappa shape index (κ1) is 14.2. The number of nitrogens with zero attached hydrogens (tertiary/aromatic N) is 2. The Balaban J connectivity index is 2.04. The maximum atomic E-state index is 10.8. The van der Waals surface area contributed by atoms with Crippen molar-refractivity contribution in [1.29, 1.82) is 0 Å². The second-order valence-electron chi connectivity index (χ2n) is 4.60. The lowest BCUT2D eigenvalue weighted by molar-refractivity contribution is -0.385. The summed E-state index contributed by atoms with van der Waals surface area (Å²) in [6.45, 7) is 3.22. The molecule has 1 aliphatic rings. The first-order valence-corrected chi connectivity index (χ1v) is 7.04. The van der Waals surface area contributed by atoms with Gasteiger partial charge < -0.3 is 10.1 Å². The molecule has 6 nitrogen and oxygen atoms in total. The molecule has 104 valence electrons. The van der Waals surface area contributed by atoms with E-state index in [0.717, 1.165) is 13.0 Å². The molecule has 2 rings (SSSR count). The van der Waals surface area contributed by atoms with Gasteiger partial charge in [0, 0.05) is 11.6 Å². The zero-order valence-electron chi connectivity index (χ0n) is 10.7. The van der Waals surface area contributed by atoms with Gasteiger partial charge in [-0.3, -0.25) is 10.1 Å². The molecule has 19 heavy (non-hydrogen) atoms. The van der Waals surface area contributed by atoms with Crippen LogP contribution in [0.25, 0.3) is 0 Å². The summed E-state index contributed by atoms with van der Waals surface area (Å²) in [5.74, 6) is 0.412. The molecule has 1 atom stereocenters. The molecule has 1 aliphatic heterocycles. The van der Waals surface area contributed by atoms with Gasteiger partial charge in [-0.2, -0.15) is 0 Å². The Morgan fingerprint density at radius 2 is 2.42 bits per heavy atom. The fourth-order valence-electron chi connectivity index (χ4n) is 2.08. The van der Waals surface area contributed by atoms with Gasteiger partial charge in [0.25, 0.3) is 5.69 Å². The minimum Gasteiger partial charge on any atom is -0.475 e. The molecular formula is C12H16BrN3O3. The quantitative estimate of drug-likeness (QED) is 0.678. The molecule has 2 heterocycles. The molecule has 0 spiro atoms. The van der Waals surface area contributed by atoms with Crippen LogP contribution in [0.1, 0.15) is 24.8 Å². The van der Waals surface area contributed by atoms with Crippen molar-refractivity contribution in [3.8, 4) is 5.88 Å². The van der Waals surface area contributed by atoms with Gasteiger partial charge in [0.2, 0.25) is 5.88 Å². The number of rotatable bonds is 4. The van der Waals surface area contributed by atoms with E-state index in [1.165, 1.54) is 19.0 Å². The highest BCUT2D eigenvalue weighted by Gasteiger charge is 2.19. The second-order valence-corrected chi connectivity index (χ2v) is 5.40. The molecule has 0 bridgehead atoms. The van der Waals surface area contributed by atoms with E-state index in [9.17, 15) is 10.1 Å². The van der Waals surface area contributed by atoms with E-state index in [0.29, 0.717) is 28.6 Å². The van der Waals surface area contributed by atoms with Crippen molar-refractivity contribution in [3.63, 3.8) is 0 Å². The lowest BCUT2D eigenvalue weighted by Gasteiger charge is -2.23. The van der Waals surface area contributed by atoms with Gasteiger partial charge >= 0.3 is 0 Å². The number of nitro groups is 1. The third-order valence-corrected chi connectivity index (χ3v) is 4.17. The third kappa shape index (κ3) is 3.42. The molecule has 0 aliphatic carbocycles. The van der Waals surface area contributed by atoms with Crippen molar-refractivity contribution in [2.75, 3.05) is 13.2 Å². The van der Waals surface area contributed by atoms with Gasteiger partial charge in [-0.05, 0) is 42.2 Å². The van der Waals surface area contributed by atoms with Crippen LogP contribution in [0.3, 0.4) is 0 Å². The standard InChI is InChI=1S/C12H16BrN3O3/c1-8-10(16(17)18)6-15-12(11(8)13)19-7-9-4-2-3-5-14-9/h6,9,14H,2-5,7H2,1H3. The number of hydrogen-bond acceptors (Lipinski definition) is 5. The molecule has 7 heteroatoms. The summed E-state index contributed by atoms with van der Waals surface area (Å²) >= 11 is 3.31. The van der Waals surface area contributed by atoms with E-state index in [-0.39, 0.29) is 5.69 Å². The minimum absolute atomic E-state index is 0.00461. The summed E-state index contributed by atoms with van der Waals surface area (Å²) < 4.78 is 6.20. The van der Waals surface area contributed by atoms with Crippen molar-refractivity contribution in [3.05, 3.63) is 26.3 Å². The summed E-state index contributed by atoms with van der Waals surface area (Å²) in [6, 6.07) is 0.331. The fraction of sp³-hybridized carbons (Fsp3) is 0.583. The maximum absolute atomic E-state index is 10.8. The number of aromatic nitrogens is 1. The van der Waals surface area contributed by atoms with Crippen LogP contribution in [0.2, 0.25) is 0 Å². The maximum Gasteiger partial charge on any atom is 0.291 e. The zero-order chi connectivity index (χ0) is 13.8. The SMILES string of the molecule is Cc1c([N+](=O)[O-])cnc(OCC2CCCCN2)c1Br. The summed E-state index contributed by atoms with van der Waals surface area (Å²) in [5, 5.41) is 14.2. The van der Waals surface area contributed by atoms with Crippen LogP contribution < -0.4 is 10.1 Å². The molecule has 1 saturated heterocycles. The first-order chi connectivity index (χ1) is 9.09. The van der Waals surface area contributed by atoms with Gasteiger partial charge in [0.1, 0.15) is 12.8 Å². The largest absolute Gasteiger partial charge is 0.475 e. The fourth-order valence-corrected chi connectivity index (χ4v) is 2.50. The number of hydrogen-bond donors (Lipinski definition) is 1. The number of halogens is 1. The Bertz CT molecular complexity index is 476. The van der Waals surface area contributed by atoms with Crippen LogP contribution in [0.15, 0.2) is 10.7 Å². The average Bonchev–Trinajstić information content (AvgIpc) is 2.41. The highest BCUT2D eigenvalue weighted by Crippen LogP contribution is 2.32. The van der Waals surface area contributed by atoms with Crippen LogP contribution in [0, 0.1) is 17.0 Å². The molecule has 0 amide bonds. The summed E-state index contributed by atoms with van der Waals surface area (Å²) in [4.78, 5) is 14.3. The molecule has 0 radical (unpaired) electrons. The molecule has 1 fully saturated rings. The third-order valence-electron chi connectivity index (χ3n) is 3.24. The van der Waals surface area contributed by atoms with Gasteiger partial charge in [0.15, 0.2) is 0 Å². The van der Waals surface area contributed by atoms with Crippen molar-refractivity contribution in [2.24, 2.45) is 0 Å². The zero-order valence-corrected chi connectivity index (χ0v) is 12.3. The van der Waals surface area contributed by atoms with E-state index >= 15 is 0 Å². The van der Waals surface area contributed by atoms with E-state index in [2.05, 4.69) is 26.2 Å². The first-order valence-electron chi connectivity index (χ1n) is 6.25. The topological polar surface area (TPSA) is 77.3 Å². The van der Waals surface area contributed by atoms with Crippen molar-refractivity contribution in [2.45, 2.75) is 32.2 Å². The molecule has 1 aromatic rings. The monoisotopic (exact) mass is 329 g/mol. The average molecular weight is 330 g/mol. The highest BCUT2D eigenvalue weighted by molar-refractivity contribution is 9.10. The van der Waals surface area contributed by atoms with E-state index < -0.39 is 4.92 Å². The Hall–Kier alpha value is -1.21. The Kier molecular flexibility index (Phi) is 4.71. The predicted molar refractivity (Wildman–Crippen MR) is 74.5 cm³/mol. The summed E-state index contributed by atoms with van der Waals surface area (Å²) in [7, 11) is 0. The number of piperidine rings is 1. The molecule has 1 N–H and O–H groups in total. The van der Waals surface area contributed by atoms with Crippen LogP contribution in [0.5, 0.6) is 5.88 Å². The lowest BCUT2D eigenvalue weighted by atomic mass is 10.1. The minimum atomic E-state index is -0.445. The van der Waals surface area contributed by atoms with E-state index in [1.54, 1.807) is 6.92 Å². The van der Waals surface area contributed by atoms with Crippen molar-refractivity contribution < 1.29 is 9.66 Å². The molecule has 0 aromatic carbocycles. The van der Waals surface area contributed by atoms with Gasteiger partial charge in [0.05, 0.1) is 9.40 Å². The smallest absolute Gasteiger partial charge is 0.291 e. The normalized spacial score (nSPS) is 19.2. The number of ether oxygens (including phenoxy) is 1. The molecule has 1 unspecified atom stereocenters. The Morgan fingerprint density at radius 3 is 3.05 bits per heavy atom. The lowest BCUT2D eigenvalue weighted by Crippen LogP contribution is -2.38. The Morgan fingerprint density at radius 1 is 1.63 bits per heavy atom.